The molecule has 140 valence electrons. The van der Waals surface area contributed by atoms with Crippen molar-refractivity contribution >= 4 is 17.7 Å². The molecule has 2 heterocycles. The number of aliphatic hydroxyl groups is 1. The van der Waals surface area contributed by atoms with Gasteiger partial charge >= 0.3 is 0 Å². The molecule has 4 rings (SSSR count). The van der Waals surface area contributed by atoms with Gasteiger partial charge in [-0.2, -0.15) is 0 Å². The summed E-state index contributed by atoms with van der Waals surface area (Å²) in [7, 11) is 0. The zero-order valence-corrected chi connectivity index (χ0v) is 15.6. The molecule has 3 aliphatic rings. The van der Waals surface area contributed by atoms with E-state index < -0.39 is 0 Å². The Balaban J connectivity index is 1.51. The molecule has 2 aliphatic heterocycles. The maximum Gasteiger partial charge on any atom is 0.286 e. The summed E-state index contributed by atoms with van der Waals surface area (Å²) in [6, 6.07) is 4.52. The predicted octanol–water partition coefficient (Wildman–Crippen LogP) is 4.12. The van der Waals surface area contributed by atoms with Crippen LogP contribution in [0.1, 0.15) is 68.1 Å². The standard InChI is InChI=1S/C22H30N2O2/c25-20(22(26)23-19-9-3-1-2-4-10-19)15-16-13-17-7-5-11-24-12-6-8-18(14-16)21(17)24/h13-15,19,25H,1-12H2,(H,23,26)/b20-15+. The van der Waals surface area contributed by atoms with Gasteiger partial charge in [0, 0.05) is 24.8 Å². The number of hydrogen-bond donors (Lipinski definition) is 2. The van der Waals surface area contributed by atoms with Crippen LogP contribution >= 0.6 is 0 Å². The first-order valence-corrected chi connectivity index (χ1v) is 10.3. The highest BCUT2D eigenvalue weighted by Gasteiger charge is 2.24. The summed E-state index contributed by atoms with van der Waals surface area (Å²) in [5.74, 6) is -0.491. The van der Waals surface area contributed by atoms with Gasteiger partial charge < -0.3 is 15.3 Å². The molecule has 0 radical (unpaired) electrons. The molecule has 1 aliphatic carbocycles. The molecular weight excluding hydrogens is 324 g/mol. The van der Waals surface area contributed by atoms with Crippen molar-refractivity contribution in [2.24, 2.45) is 0 Å². The molecule has 26 heavy (non-hydrogen) atoms. The Bertz CT molecular complexity index is 671. The molecule has 0 unspecified atom stereocenters. The lowest BCUT2D eigenvalue weighted by Gasteiger charge is -2.37. The summed E-state index contributed by atoms with van der Waals surface area (Å²) >= 11 is 0. The number of amides is 1. The summed E-state index contributed by atoms with van der Waals surface area (Å²) in [4.78, 5) is 14.9. The van der Waals surface area contributed by atoms with Gasteiger partial charge in [0.25, 0.3) is 5.91 Å². The van der Waals surface area contributed by atoms with E-state index in [0.717, 1.165) is 44.3 Å². The van der Waals surface area contributed by atoms with E-state index >= 15 is 0 Å². The molecule has 0 saturated heterocycles. The van der Waals surface area contributed by atoms with Crippen LogP contribution in [0.2, 0.25) is 0 Å². The molecular formula is C22H30N2O2. The van der Waals surface area contributed by atoms with Crippen LogP contribution in [0.5, 0.6) is 0 Å². The SMILES string of the molecule is O=C(NC1CCCCCC1)/C(O)=C\c1cc2c3c(c1)CCCN3CCC2. The van der Waals surface area contributed by atoms with E-state index in [1.54, 1.807) is 6.08 Å². The number of anilines is 1. The van der Waals surface area contributed by atoms with Crippen molar-refractivity contribution in [3.05, 3.63) is 34.6 Å². The maximum atomic E-state index is 12.4. The zero-order chi connectivity index (χ0) is 17.9. The molecule has 1 aromatic carbocycles. The van der Waals surface area contributed by atoms with Crippen LogP contribution in [-0.4, -0.2) is 30.1 Å². The number of aryl methyl sites for hydroxylation is 2. The van der Waals surface area contributed by atoms with Crippen molar-refractivity contribution in [1.29, 1.82) is 0 Å². The number of rotatable bonds is 3. The van der Waals surface area contributed by atoms with Gasteiger partial charge in [-0.15, -0.1) is 0 Å². The van der Waals surface area contributed by atoms with Gasteiger partial charge in [0.2, 0.25) is 0 Å². The number of nitrogens with one attached hydrogen (secondary N) is 1. The van der Waals surface area contributed by atoms with E-state index in [1.807, 2.05) is 0 Å². The number of aliphatic hydroxyl groups excluding tert-OH is 1. The van der Waals surface area contributed by atoms with Crippen molar-refractivity contribution in [2.75, 3.05) is 18.0 Å². The van der Waals surface area contributed by atoms with Crippen molar-refractivity contribution in [2.45, 2.75) is 70.3 Å². The Morgan fingerprint density at radius 2 is 1.62 bits per heavy atom. The minimum absolute atomic E-state index is 0.162. The number of carbonyl (C=O) groups excluding carboxylic acids is 1. The van der Waals surface area contributed by atoms with E-state index in [-0.39, 0.29) is 17.7 Å². The van der Waals surface area contributed by atoms with Crippen LogP contribution in [0.4, 0.5) is 5.69 Å². The Labute approximate surface area is 156 Å². The van der Waals surface area contributed by atoms with Crippen LogP contribution in [0.3, 0.4) is 0 Å². The van der Waals surface area contributed by atoms with Gasteiger partial charge in [0.15, 0.2) is 5.76 Å². The van der Waals surface area contributed by atoms with Crippen LogP contribution in [0, 0.1) is 0 Å². The molecule has 1 fully saturated rings. The predicted molar refractivity (Wildman–Crippen MR) is 106 cm³/mol. The monoisotopic (exact) mass is 354 g/mol. The smallest absolute Gasteiger partial charge is 0.286 e. The molecule has 1 aromatic rings. The second-order valence-corrected chi connectivity index (χ2v) is 8.07. The van der Waals surface area contributed by atoms with Crippen LogP contribution in [-0.2, 0) is 17.6 Å². The quantitative estimate of drug-likeness (QED) is 0.488. The fraction of sp³-hybridized carbons (Fsp3) is 0.591. The fourth-order valence-corrected chi connectivity index (χ4v) is 4.82. The number of hydrogen-bond acceptors (Lipinski definition) is 3. The lowest BCUT2D eigenvalue weighted by Crippen LogP contribution is -2.35. The van der Waals surface area contributed by atoms with Crippen molar-refractivity contribution in [1.82, 2.24) is 5.32 Å². The molecule has 4 heteroatoms. The Kier molecular flexibility index (Phi) is 5.18. The average Bonchev–Trinajstić information content (AvgIpc) is 2.91. The van der Waals surface area contributed by atoms with E-state index in [2.05, 4.69) is 22.3 Å². The van der Waals surface area contributed by atoms with Crippen LogP contribution in [0.25, 0.3) is 6.08 Å². The third-order valence-electron chi connectivity index (χ3n) is 6.08. The Morgan fingerprint density at radius 3 is 2.23 bits per heavy atom. The summed E-state index contributed by atoms with van der Waals surface area (Å²) < 4.78 is 0. The van der Waals surface area contributed by atoms with Crippen molar-refractivity contribution < 1.29 is 9.90 Å². The summed E-state index contributed by atoms with van der Waals surface area (Å²) in [6.07, 6.45) is 13.1. The highest BCUT2D eigenvalue weighted by atomic mass is 16.3. The van der Waals surface area contributed by atoms with Crippen molar-refractivity contribution in [3.8, 4) is 0 Å². The fourth-order valence-electron chi connectivity index (χ4n) is 4.82. The van der Waals surface area contributed by atoms with Gasteiger partial charge in [0.05, 0.1) is 0 Å². The molecule has 1 saturated carbocycles. The Morgan fingerprint density at radius 1 is 1.00 bits per heavy atom. The van der Waals surface area contributed by atoms with Crippen LogP contribution in [0.15, 0.2) is 17.9 Å². The molecule has 4 nitrogen and oxygen atoms in total. The lowest BCUT2D eigenvalue weighted by molar-refractivity contribution is -0.120. The largest absolute Gasteiger partial charge is 0.503 e. The second kappa shape index (κ2) is 7.73. The van der Waals surface area contributed by atoms with Crippen LogP contribution < -0.4 is 10.2 Å². The molecule has 2 N–H and O–H groups in total. The summed E-state index contributed by atoms with van der Waals surface area (Å²) in [6.45, 7) is 2.31. The van der Waals surface area contributed by atoms with Gasteiger partial charge in [-0.1, -0.05) is 25.7 Å². The average molecular weight is 354 g/mol. The first-order valence-electron chi connectivity index (χ1n) is 10.3. The summed E-state index contributed by atoms with van der Waals surface area (Å²) in [5.41, 5.74) is 5.12. The molecule has 0 spiro atoms. The highest BCUT2D eigenvalue weighted by Crippen LogP contribution is 2.36. The minimum Gasteiger partial charge on any atom is -0.503 e. The van der Waals surface area contributed by atoms with Gasteiger partial charge in [0.1, 0.15) is 0 Å². The Hall–Kier alpha value is -1.97. The third-order valence-corrected chi connectivity index (χ3v) is 6.08. The first kappa shape index (κ1) is 17.4. The second-order valence-electron chi connectivity index (χ2n) is 8.07. The molecule has 0 aromatic heterocycles. The maximum absolute atomic E-state index is 12.4. The highest BCUT2D eigenvalue weighted by molar-refractivity contribution is 5.95. The number of nitrogens with zero attached hydrogens (tertiary/aromatic N) is 1. The summed E-state index contributed by atoms with van der Waals surface area (Å²) in [5, 5.41) is 13.4. The lowest BCUT2D eigenvalue weighted by atomic mass is 9.90. The number of benzene rings is 1. The topological polar surface area (TPSA) is 52.6 Å². The van der Waals surface area contributed by atoms with E-state index in [1.165, 1.54) is 55.3 Å². The van der Waals surface area contributed by atoms with Crippen molar-refractivity contribution in [3.63, 3.8) is 0 Å². The normalized spacial score (nSPS) is 21.1. The van der Waals surface area contributed by atoms with Gasteiger partial charge in [-0.3, -0.25) is 4.79 Å². The van der Waals surface area contributed by atoms with Gasteiger partial charge in [-0.25, -0.2) is 0 Å². The molecule has 0 atom stereocenters. The molecule has 0 bridgehead atoms. The van der Waals surface area contributed by atoms with E-state index in [0.29, 0.717) is 0 Å². The third kappa shape index (κ3) is 3.74. The van der Waals surface area contributed by atoms with E-state index in [9.17, 15) is 9.90 Å². The van der Waals surface area contributed by atoms with Gasteiger partial charge in [-0.05, 0) is 73.4 Å². The first-order chi connectivity index (χ1) is 12.7. The minimum atomic E-state index is -0.329. The molecule has 1 amide bonds. The zero-order valence-electron chi connectivity index (χ0n) is 15.6. The van der Waals surface area contributed by atoms with E-state index in [4.69, 9.17) is 0 Å². The number of carbonyl (C=O) groups is 1.